The van der Waals surface area contributed by atoms with Gasteiger partial charge in [-0.05, 0) is 36.8 Å². The Kier molecular flexibility index (Phi) is 5.19. The van der Waals surface area contributed by atoms with Crippen molar-refractivity contribution >= 4 is 44.4 Å². The van der Waals surface area contributed by atoms with Gasteiger partial charge in [0.25, 0.3) is 0 Å². The first-order valence-electron chi connectivity index (χ1n) is 8.78. The molecule has 4 aromatic rings. The molecule has 0 saturated carbocycles. The lowest BCUT2D eigenvalue weighted by atomic mass is 10.2. The molecular formula is C19H20N6OS2. The van der Waals surface area contributed by atoms with E-state index in [0.29, 0.717) is 11.6 Å². The molecule has 0 unspecified atom stereocenters. The van der Waals surface area contributed by atoms with E-state index in [-0.39, 0.29) is 11.7 Å². The second kappa shape index (κ2) is 7.76. The number of thioether (sulfide) groups is 1. The number of carbonyl (C=O) groups is 1. The third kappa shape index (κ3) is 3.95. The first-order valence-corrected chi connectivity index (χ1v) is 10.6. The molecule has 1 N–H and O–H groups in total. The molecule has 9 heteroatoms. The number of hydrogen-bond acceptors (Lipinski definition) is 6. The van der Waals surface area contributed by atoms with Crippen molar-refractivity contribution in [2.45, 2.75) is 18.5 Å². The van der Waals surface area contributed by atoms with E-state index >= 15 is 0 Å². The Morgan fingerprint density at radius 3 is 2.89 bits per heavy atom. The minimum absolute atomic E-state index is 0.104. The molecule has 0 aliphatic rings. The Bertz CT molecular complexity index is 1140. The Balaban J connectivity index is 1.37. The molecule has 0 aliphatic heterocycles. The summed E-state index contributed by atoms with van der Waals surface area (Å²) < 4.78 is 5.07. The number of nitrogens with zero attached hydrogens (tertiary/aromatic N) is 5. The largest absolute Gasteiger partial charge is 0.354 e. The number of nitrogens with one attached hydrogen (secondary N) is 1. The molecule has 3 aromatic heterocycles. The van der Waals surface area contributed by atoms with Crippen molar-refractivity contribution in [3.63, 3.8) is 0 Å². The van der Waals surface area contributed by atoms with Crippen LogP contribution in [0.4, 0.5) is 5.13 Å². The normalized spacial score (nSPS) is 11.2. The molecule has 0 aliphatic carbocycles. The molecule has 144 valence electrons. The van der Waals surface area contributed by atoms with Crippen LogP contribution in [0, 0.1) is 6.92 Å². The van der Waals surface area contributed by atoms with E-state index in [1.165, 1.54) is 28.7 Å². The Morgan fingerprint density at radius 2 is 2.11 bits per heavy atom. The van der Waals surface area contributed by atoms with E-state index < -0.39 is 0 Å². The fourth-order valence-electron chi connectivity index (χ4n) is 2.84. The maximum absolute atomic E-state index is 12.3. The van der Waals surface area contributed by atoms with Gasteiger partial charge in [0, 0.05) is 32.4 Å². The molecule has 0 saturated heterocycles. The zero-order valence-corrected chi connectivity index (χ0v) is 17.5. The number of fused-ring (bicyclic) bond motifs is 1. The summed E-state index contributed by atoms with van der Waals surface area (Å²) in [5.41, 5.74) is 3.24. The monoisotopic (exact) mass is 412 g/mol. The van der Waals surface area contributed by atoms with Gasteiger partial charge in [0.1, 0.15) is 5.82 Å². The molecular weight excluding hydrogens is 392 g/mol. The number of amides is 1. The highest BCUT2D eigenvalue weighted by Crippen LogP contribution is 2.27. The van der Waals surface area contributed by atoms with Crippen molar-refractivity contribution in [3.8, 4) is 0 Å². The molecule has 0 fully saturated rings. The summed E-state index contributed by atoms with van der Waals surface area (Å²) in [6.45, 7) is 2.04. The van der Waals surface area contributed by atoms with Gasteiger partial charge in [0.2, 0.25) is 5.91 Å². The highest BCUT2D eigenvalue weighted by molar-refractivity contribution is 7.99. The van der Waals surface area contributed by atoms with E-state index in [1.807, 2.05) is 50.0 Å². The third-order valence-electron chi connectivity index (χ3n) is 4.44. The van der Waals surface area contributed by atoms with E-state index in [9.17, 15) is 4.79 Å². The third-order valence-corrected chi connectivity index (χ3v) is 6.39. The van der Waals surface area contributed by atoms with Crippen LogP contribution < -0.4 is 5.32 Å². The molecule has 0 radical (unpaired) electrons. The van der Waals surface area contributed by atoms with Gasteiger partial charge in [-0.2, -0.15) is 0 Å². The predicted molar refractivity (Wildman–Crippen MR) is 113 cm³/mol. The highest BCUT2D eigenvalue weighted by Gasteiger charge is 2.14. The minimum atomic E-state index is -0.104. The van der Waals surface area contributed by atoms with Crippen LogP contribution >= 0.6 is 23.1 Å². The van der Waals surface area contributed by atoms with Gasteiger partial charge in [-0.25, -0.2) is 4.98 Å². The lowest BCUT2D eigenvalue weighted by Gasteiger charge is -2.05. The first-order chi connectivity index (χ1) is 13.5. The SMILES string of the molecule is Cc1ccc2nc(NC(=O)CSc3nnc(Cc4cccn4C)n3C)sc2c1. The second-order valence-corrected chi connectivity index (χ2v) is 8.55. The number of thiazole rings is 1. The van der Waals surface area contributed by atoms with Gasteiger partial charge in [-0.1, -0.05) is 29.2 Å². The van der Waals surface area contributed by atoms with Crippen LogP contribution in [0.1, 0.15) is 17.1 Å². The van der Waals surface area contributed by atoms with Gasteiger partial charge in [0.15, 0.2) is 10.3 Å². The average Bonchev–Trinajstić information content (AvgIpc) is 3.34. The van der Waals surface area contributed by atoms with Crippen LogP contribution in [0.3, 0.4) is 0 Å². The number of carbonyl (C=O) groups excluding carboxylic acids is 1. The maximum Gasteiger partial charge on any atom is 0.236 e. The van der Waals surface area contributed by atoms with Crippen molar-refractivity contribution in [2.24, 2.45) is 14.1 Å². The summed E-state index contributed by atoms with van der Waals surface area (Å²) in [6, 6.07) is 10.1. The van der Waals surface area contributed by atoms with Crippen LogP contribution in [0.5, 0.6) is 0 Å². The quantitative estimate of drug-likeness (QED) is 0.491. The maximum atomic E-state index is 12.3. The van der Waals surface area contributed by atoms with E-state index in [1.54, 1.807) is 0 Å². The highest BCUT2D eigenvalue weighted by atomic mass is 32.2. The Morgan fingerprint density at radius 1 is 1.25 bits per heavy atom. The summed E-state index contributed by atoms with van der Waals surface area (Å²) >= 11 is 2.85. The second-order valence-electron chi connectivity index (χ2n) is 6.57. The number of benzene rings is 1. The van der Waals surface area contributed by atoms with Crippen molar-refractivity contribution in [1.29, 1.82) is 0 Å². The smallest absolute Gasteiger partial charge is 0.236 e. The fraction of sp³-hybridized carbons (Fsp3) is 0.263. The van der Waals surface area contributed by atoms with E-state index in [4.69, 9.17) is 0 Å². The summed E-state index contributed by atoms with van der Waals surface area (Å²) in [4.78, 5) is 16.8. The fourth-order valence-corrected chi connectivity index (χ4v) is 4.55. The van der Waals surface area contributed by atoms with Gasteiger partial charge in [-0.3, -0.25) is 4.79 Å². The zero-order chi connectivity index (χ0) is 19.7. The van der Waals surface area contributed by atoms with Gasteiger partial charge in [0.05, 0.1) is 16.0 Å². The number of rotatable bonds is 6. The standard InChI is InChI=1S/C19H20N6OS2/c1-12-6-7-14-15(9-12)28-18(20-14)21-17(26)11-27-19-23-22-16(25(19)3)10-13-5-4-8-24(13)2/h4-9H,10-11H2,1-3H3,(H,20,21,26). The summed E-state index contributed by atoms with van der Waals surface area (Å²) in [5.74, 6) is 1.02. The van der Waals surface area contributed by atoms with Gasteiger partial charge < -0.3 is 14.5 Å². The molecule has 0 spiro atoms. The van der Waals surface area contributed by atoms with Crippen molar-refractivity contribution in [1.82, 2.24) is 24.3 Å². The van der Waals surface area contributed by atoms with Crippen molar-refractivity contribution in [2.75, 3.05) is 11.1 Å². The number of aromatic nitrogens is 5. The Hall–Kier alpha value is -2.65. The van der Waals surface area contributed by atoms with E-state index in [0.717, 1.165) is 26.9 Å². The van der Waals surface area contributed by atoms with Crippen molar-refractivity contribution < 1.29 is 4.79 Å². The molecule has 28 heavy (non-hydrogen) atoms. The van der Waals surface area contributed by atoms with Gasteiger partial charge in [-0.15, -0.1) is 10.2 Å². The van der Waals surface area contributed by atoms with Crippen LogP contribution in [-0.4, -0.2) is 36.0 Å². The lowest BCUT2D eigenvalue weighted by Crippen LogP contribution is -2.14. The first kappa shape index (κ1) is 18.7. The number of hydrogen-bond donors (Lipinski definition) is 1. The van der Waals surface area contributed by atoms with Crippen LogP contribution in [0.15, 0.2) is 41.7 Å². The topological polar surface area (TPSA) is 77.6 Å². The van der Waals surface area contributed by atoms with Crippen LogP contribution in [0.25, 0.3) is 10.2 Å². The molecule has 1 amide bonds. The molecule has 1 aromatic carbocycles. The Labute approximate surface area is 170 Å². The number of anilines is 1. The summed E-state index contributed by atoms with van der Waals surface area (Å²) in [7, 11) is 3.93. The summed E-state index contributed by atoms with van der Waals surface area (Å²) in [5, 5.41) is 12.7. The van der Waals surface area contributed by atoms with Crippen LogP contribution in [0.2, 0.25) is 0 Å². The number of aryl methyl sites for hydroxylation is 2. The zero-order valence-electron chi connectivity index (χ0n) is 15.8. The minimum Gasteiger partial charge on any atom is -0.354 e. The van der Waals surface area contributed by atoms with Crippen LogP contribution in [-0.2, 0) is 25.3 Å². The van der Waals surface area contributed by atoms with Crippen molar-refractivity contribution in [3.05, 3.63) is 53.6 Å². The van der Waals surface area contributed by atoms with Gasteiger partial charge >= 0.3 is 0 Å². The summed E-state index contributed by atoms with van der Waals surface area (Å²) in [6.07, 6.45) is 2.71. The predicted octanol–water partition coefficient (Wildman–Crippen LogP) is 3.39. The average molecular weight is 413 g/mol. The van der Waals surface area contributed by atoms with E-state index in [2.05, 4.69) is 37.2 Å². The molecule has 3 heterocycles. The lowest BCUT2D eigenvalue weighted by molar-refractivity contribution is -0.113. The molecule has 0 atom stereocenters. The molecule has 4 rings (SSSR count). The molecule has 7 nitrogen and oxygen atoms in total. The molecule has 0 bridgehead atoms.